The summed E-state index contributed by atoms with van der Waals surface area (Å²) in [6, 6.07) is 20.4. The van der Waals surface area contributed by atoms with E-state index in [1.165, 1.54) is 0 Å². The standard InChI is InChI=1S/C26H26Cl2N4O3/c27-19-3-1-2-18(14-19)16-32-22-15-20(28)6-9-23(22)35-24(25(32)33)11-13-34-21-7-4-17(5-8-21)10-12-31-26(29)30/h1-9,14-15,24H,10-13,16H2,(H4,29,30,31). The Morgan fingerprint density at radius 1 is 1.06 bits per heavy atom. The SMILES string of the molecule is N=C(N)NCCc1ccc(OCCC2Oc3ccc(Cl)cc3N(Cc3cccc(Cl)c3)C2=O)cc1. The van der Waals surface area contributed by atoms with Gasteiger partial charge in [-0.25, -0.2) is 0 Å². The van der Waals surface area contributed by atoms with Gasteiger partial charge in [0.05, 0.1) is 18.8 Å². The molecule has 7 nitrogen and oxygen atoms in total. The highest BCUT2D eigenvalue weighted by Crippen LogP contribution is 2.38. The first-order chi connectivity index (χ1) is 16.9. The molecule has 0 saturated carbocycles. The van der Waals surface area contributed by atoms with Crippen LogP contribution in [0.2, 0.25) is 10.0 Å². The molecule has 9 heteroatoms. The van der Waals surface area contributed by atoms with Crippen LogP contribution < -0.4 is 25.4 Å². The van der Waals surface area contributed by atoms with Gasteiger partial charge in [0, 0.05) is 23.0 Å². The highest BCUT2D eigenvalue weighted by atomic mass is 35.5. The fraction of sp³-hybridized carbons (Fsp3) is 0.231. The molecule has 0 aliphatic carbocycles. The molecule has 0 bridgehead atoms. The van der Waals surface area contributed by atoms with Gasteiger partial charge in [-0.2, -0.15) is 0 Å². The minimum atomic E-state index is -0.681. The van der Waals surface area contributed by atoms with E-state index in [0.717, 1.165) is 17.5 Å². The second-order valence-corrected chi connectivity index (χ2v) is 9.02. The molecule has 0 radical (unpaired) electrons. The van der Waals surface area contributed by atoms with E-state index in [-0.39, 0.29) is 11.9 Å². The first-order valence-electron chi connectivity index (χ1n) is 11.2. The predicted molar refractivity (Wildman–Crippen MR) is 139 cm³/mol. The van der Waals surface area contributed by atoms with Crippen molar-refractivity contribution in [3.05, 3.63) is 87.9 Å². The molecule has 4 rings (SSSR count). The predicted octanol–water partition coefficient (Wildman–Crippen LogP) is 4.78. The zero-order chi connectivity index (χ0) is 24.8. The van der Waals surface area contributed by atoms with Crippen LogP contribution in [0.15, 0.2) is 66.7 Å². The number of carbonyl (C=O) groups is 1. The highest BCUT2D eigenvalue weighted by molar-refractivity contribution is 6.31. The molecule has 0 saturated heterocycles. The summed E-state index contributed by atoms with van der Waals surface area (Å²) in [4.78, 5) is 15.0. The second-order valence-electron chi connectivity index (χ2n) is 8.14. The molecule has 35 heavy (non-hydrogen) atoms. The van der Waals surface area contributed by atoms with Crippen LogP contribution in [0.25, 0.3) is 0 Å². The van der Waals surface area contributed by atoms with Crippen LogP contribution in [0, 0.1) is 5.41 Å². The normalized spacial score (nSPS) is 14.7. The van der Waals surface area contributed by atoms with Crippen LogP contribution in [0.1, 0.15) is 17.5 Å². The molecule has 1 amide bonds. The highest BCUT2D eigenvalue weighted by Gasteiger charge is 2.34. The number of halogens is 2. The summed E-state index contributed by atoms with van der Waals surface area (Å²) < 4.78 is 11.9. The number of nitrogens with two attached hydrogens (primary N) is 1. The first kappa shape index (κ1) is 24.7. The Morgan fingerprint density at radius 3 is 2.57 bits per heavy atom. The smallest absolute Gasteiger partial charge is 0.268 e. The van der Waals surface area contributed by atoms with Gasteiger partial charge in [0.25, 0.3) is 5.91 Å². The fourth-order valence-electron chi connectivity index (χ4n) is 3.84. The van der Waals surface area contributed by atoms with Crippen LogP contribution in [0.5, 0.6) is 11.5 Å². The van der Waals surface area contributed by atoms with Crippen LogP contribution in [0.4, 0.5) is 5.69 Å². The Morgan fingerprint density at radius 2 is 1.83 bits per heavy atom. The summed E-state index contributed by atoms with van der Waals surface area (Å²) in [5.41, 5.74) is 7.94. The van der Waals surface area contributed by atoms with Crippen molar-refractivity contribution in [2.75, 3.05) is 18.1 Å². The third-order valence-electron chi connectivity index (χ3n) is 5.55. The quantitative estimate of drug-likeness (QED) is 0.283. The maximum absolute atomic E-state index is 13.4. The van der Waals surface area contributed by atoms with Gasteiger partial charge < -0.3 is 25.4 Å². The van der Waals surface area contributed by atoms with Crippen molar-refractivity contribution < 1.29 is 14.3 Å². The molecule has 1 aliphatic rings. The Labute approximate surface area is 214 Å². The lowest BCUT2D eigenvalue weighted by Gasteiger charge is -2.34. The number of fused-ring (bicyclic) bond motifs is 1. The summed E-state index contributed by atoms with van der Waals surface area (Å²) in [6.07, 6.45) is 0.452. The summed E-state index contributed by atoms with van der Waals surface area (Å²) in [5.74, 6) is 1.11. The lowest BCUT2D eigenvalue weighted by molar-refractivity contribution is -0.127. The van der Waals surface area contributed by atoms with Gasteiger partial charge in [-0.05, 0) is 60.0 Å². The molecule has 3 aromatic rings. The summed E-state index contributed by atoms with van der Waals surface area (Å²) >= 11 is 12.4. The summed E-state index contributed by atoms with van der Waals surface area (Å²) in [5, 5.41) is 11.1. The van der Waals surface area contributed by atoms with Crippen molar-refractivity contribution in [2.24, 2.45) is 5.73 Å². The zero-order valence-electron chi connectivity index (χ0n) is 19.0. The minimum absolute atomic E-state index is 0.0405. The van der Waals surface area contributed by atoms with Gasteiger partial charge in [0.2, 0.25) is 0 Å². The van der Waals surface area contributed by atoms with Crippen LogP contribution in [0.3, 0.4) is 0 Å². The number of guanidine groups is 1. The number of hydrogen-bond acceptors (Lipinski definition) is 4. The van der Waals surface area contributed by atoms with Gasteiger partial charge in [-0.15, -0.1) is 0 Å². The van der Waals surface area contributed by atoms with Gasteiger partial charge >= 0.3 is 0 Å². The number of hydrogen-bond donors (Lipinski definition) is 3. The molecule has 0 spiro atoms. The molecule has 182 valence electrons. The molecule has 0 fully saturated rings. The van der Waals surface area contributed by atoms with Crippen LogP contribution in [-0.2, 0) is 17.8 Å². The zero-order valence-corrected chi connectivity index (χ0v) is 20.5. The first-order valence-corrected chi connectivity index (χ1v) is 12.0. The van der Waals surface area contributed by atoms with Crippen LogP contribution in [-0.4, -0.2) is 31.1 Å². The molecule has 1 heterocycles. The molecule has 1 aliphatic heterocycles. The number of nitrogens with zero attached hydrogens (tertiary/aromatic N) is 1. The number of ether oxygens (including phenoxy) is 2. The summed E-state index contributed by atoms with van der Waals surface area (Å²) in [7, 11) is 0. The maximum atomic E-state index is 13.4. The maximum Gasteiger partial charge on any atom is 0.268 e. The molecule has 4 N–H and O–H groups in total. The van der Waals surface area contributed by atoms with Crippen molar-refractivity contribution in [1.82, 2.24) is 5.32 Å². The van der Waals surface area contributed by atoms with E-state index in [1.807, 2.05) is 42.5 Å². The van der Waals surface area contributed by atoms with Gasteiger partial charge in [0.1, 0.15) is 11.5 Å². The average molecular weight is 513 g/mol. The van der Waals surface area contributed by atoms with E-state index in [1.54, 1.807) is 29.2 Å². The Bertz CT molecular complexity index is 1200. The number of amides is 1. The van der Waals surface area contributed by atoms with E-state index in [2.05, 4.69) is 5.32 Å². The molecule has 3 aromatic carbocycles. The van der Waals surface area contributed by atoms with Crippen molar-refractivity contribution in [3.8, 4) is 11.5 Å². The van der Waals surface area contributed by atoms with Crippen LogP contribution >= 0.6 is 23.2 Å². The number of benzene rings is 3. The number of nitrogens with one attached hydrogen (secondary N) is 2. The Kier molecular flexibility index (Phi) is 8.00. The third kappa shape index (κ3) is 6.59. The topological polar surface area (TPSA) is 101 Å². The molecular weight excluding hydrogens is 487 g/mol. The Balaban J connectivity index is 1.39. The second kappa shape index (κ2) is 11.3. The summed E-state index contributed by atoms with van der Waals surface area (Å²) in [6.45, 7) is 1.26. The van der Waals surface area contributed by atoms with E-state index < -0.39 is 6.10 Å². The molecular formula is C26H26Cl2N4O3. The fourth-order valence-corrected chi connectivity index (χ4v) is 4.22. The van der Waals surface area contributed by atoms with Crippen molar-refractivity contribution >= 4 is 40.8 Å². The van der Waals surface area contributed by atoms with Gasteiger partial charge in [0.15, 0.2) is 12.1 Å². The molecule has 0 aromatic heterocycles. The number of anilines is 1. The minimum Gasteiger partial charge on any atom is -0.493 e. The van der Waals surface area contributed by atoms with Gasteiger partial charge in [-0.3, -0.25) is 10.2 Å². The number of carbonyl (C=O) groups excluding carboxylic acids is 1. The van der Waals surface area contributed by atoms with Crippen molar-refractivity contribution in [1.29, 1.82) is 5.41 Å². The van der Waals surface area contributed by atoms with Crippen molar-refractivity contribution in [3.63, 3.8) is 0 Å². The third-order valence-corrected chi connectivity index (χ3v) is 6.02. The monoisotopic (exact) mass is 512 g/mol. The largest absolute Gasteiger partial charge is 0.493 e. The van der Waals surface area contributed by atoms with E-state index in [0.29, 0.717) is 53.3 Å². The lowest BCUT2D eigenvalue weighted by atomic mass is 10.1. The number of rotatable bonds is 9. The van der Waals surface area contributed by atoms with Crippen molar-refractivity contribution in [2.45, 2.75) is 25.5 Å². The van der Waals surface area contributed by atoms with E-state index >= 15 is 0 Å². The Hall–Kier alpha value is -3.42. The van der Waals surface area contributed by atoms with E-state index in [9.17, 15) is 4.79 Å². The molecule has 1 atom stereocenters. The van der Waals surface area contributed by atoms with Gasteiger partial charge in [-0.1, -0.05) is 47.5 Å². The lowest BCUT2D eigenvalue weighted by Crippen LogP contribution is -2.46. The van der Waals surface area contributed by atoms with E-state index in [4.69, 9.17) is 43.8 Å². The molecule has 1 unspecified atom stereocenters. The average Bonchev–Trinajstić information content (AvgIpc) is 2.83.